The summed E-state index contributed by atoms with van der Waals surface area (Å²) in [6.45, 7) is 5.46. The van der Waals surface area contributed by atoms with Gasteiger partial charge in [-0.1, -0.05) is 29.8 Å². The molecule has 2 aromatic rings. The Balaban J connectivity index is 0.00000280. The van der Waals surface area contributed by atoms with E-state index in [1.54, 1.807) is 7.05 Å². The van der Waals surface area contributed by atoms with Crippen molar-refractivity contribution in [3.05, 3.63) is 58.7 Å². The van der Waals surface area contributed by atoms with Crippen molar-refractivity contribution in [2.75, 3.05) is 45.2 Å². The zero-order valence-corrected chi connectivity index (χ0v) is 19.4. The van der Waals surface area contributed by atoms with E-state index in [9.17, 15) is 0 Å². The van der Waals surface area contributed by atoms with Crippen LogP contribution in [0.25, 0.3) is 0 Å². The molecule has 1 fully saturated rings. The maximum atomic E-state index is 6.05. The fourth-order valence-electron chi connectivity index (χ4n) is 3.10. The second-order valence-corrected chi connectivity index (χ2v) is 7.12. The summed E-state index contributed by atoms with van der Waals surface area (Å²) in [7, 11) is 3.94. The first-order valence-corrected chi connectivity index (χ1v) is 9.60. The molecule has 3 rings (SSSR count). The number of benzene rings is 1. The van der Waals surface area contributed by atoms with Crippen LogP contribution in [0.2, 0.25) is 5.02 Å². The van der Waals surface area contributed by atoms with E-state index in [1.807, 2.05) is 36.5 Å². The maximum Gasteiger partial charge on any atom is 0.191 e. The summed E-state index contributed by atoms with van der Waals surface area (Å²) in [5.74, 6) is 1.81. The van der Waals surface area contributed by atoms with Gasteiger partial charge in [0.2, 0.25) is 0 Å². The minimum Gasteiger partial charge on any atom is -0.354 e. The second kappa shape index (κ2) is 11.4. The molecule has 8 heteroatoms. The van der Waals surface area contributed by atoms with Gasteiger partial charge in [0.1, 0.15) is 5.82 Å². The molecular formula is C20H28ClIN6. The molecule has 0 unspecified atom stereocenters. The lowest BCUT2D eigenvalue weighted by Gasteiger charge is -2.34. The quantitative estimate of drug-likeness (QED) is 0.365. The first-order chi connectivity index (χ1) is 13.2. The number of hydrogen-bond donors (Lipinski definition) is 2. The van der Waals surface area contributed by atoms with Crippen LogP contribution in [0.3, 0.4) is 0 Å². The number of rotatable bonds is 5. The van der Waals surface area contributed by atoms with Crippen LogP contribution in [0, 0.1) is 0 Å². The molecule has 2 N–H and O–H groups in total. The Labute approximate surface area is 189 Å². The highest BCUT2D eigenvalue weighted by atomic mass is 127. The first kappa shape index (κ1) is 22.7. The molecule has 6 nitrogen and oxygen atoms in total. The maximum absolute atomic E-state index is 6.05. The highest BCUT2D eigenvalue weighted by Gasteiger charge is 2.17. The highest BCUT2D eigenvalue weighted by molar-refractivity contribution is 14.0. The number of aliphatic imine (C=N–C) groups is 1. The Bertz CT molecular complexity index is 777. The molecule has 1 aromatic carbocycles. The lowest BCUT2D eigenvalue weighted by atomic mass is 10.2. The van der Waals surface area contributed by atoms with Gasteiger partial charge in [0, 0.05) is 63.1 Å². The molecular weight excluding hydrogens is 487 g/mol. The monoisotopic (exact) mass is 514 g/mol. The van der Waals surface area contributed by atoms with Crippen LogP contribution in [0.1, 0.15) is 11.1 Å². The zero-order chi connectivity index (χ0) is 19.1. The van der Waals surface area contributed by atoms with E-state index in [0.717, 1.165) is 48.5 Å². The fourth-order valence-corrected chi connectivity index (χ4v) is 3.32. The van der Waals surface area contributed by atoms with Crippen molar-refractivity contribution in [3.63, 3.8) is 0 Å². The largest absolute Gasteiger partial charge is 0.354 e. The Morgan fingerprint density at radius 1 is 1.11 bits per heavy atom. The van der Waals surface area contributed by atoms with Crippen LogP contribution in [0.15, 0.2) is 47.6 Å². The topological polar surface area (TPSA) is 55.8 Å². The minimum absolute atomic E-state index is 0. The fraction of sp³-hybridized carbons (Fsp3) is 0.400. The van der Waals surface area contributed by atoms with Gasteiger partial charge in [-0.3, -0.25) is 4.99 Å². The summed E-state index contributed by atoms with van der Waals surface area (Å²) in [4.78, 5) is 13.6. The van der Waals surface area contributed by atoms with Crippen LogP contribution >= 0.6 is 35.6 Å². The number of likely N-dealkylation sites (N-methyl/N-ethyl adjacent to an activating group) is 1. The third kappa shape index (κ3) is 6.49. The van der Waals surface area contributed by atoms with Crippen molar-refractivity contribution in [1.29, 1.82) is 0 Å². The van der Waals surface area contributed by atoms with Crippen LogP contribution in [0.5, 0.6) is 0 Å². The van der Waals surface area contributed by atoms with Crippen molar-refractivity contribution < 1.29 is 0 Å². The number of halogens is 2. The number of piperazine rings is 1. The summed E-state index contributed by atoms with van der Waals surface area (Å²) in [6.07, 6.45) is 1.86. The van der Waals surface area contributed by atoms with Crippen LogP contribution in [-0.2, 0) is 13.1 Å². The molecule has 1 aliphatic rings. The van der Waals surface area contributed by atoms with Crippen molar-refractivity contribution in [2.45, 2.75) is 13.1 Å². The lowest BCUT2D eigenvalue weighted by Crippen LogP contribution is -2.45. The van der Waals surface area contributed by atoms with Gasteiger partial charge in [0.25, 0.3) is 0 Å². The number of guanidine groups is 1. The van der Waals surface area contributed by atoms with Crippen LogP contribution in [-0.4, -0.2) is 56.1 Å². The molecule has 1 aliphatic heterocycles. The average molecular weight is 515 g/mol. The number of aromatic nitrogens is 1. The molecule has 0 amide bonds. The molecule has 28 heavy (non-hydrogen) atoms. The summed E-state index contributed by atoms with van der Waals surface area (Å²) in [5, 5.41) is 7.46. The Hall–Kier alpha value is -1.58. The Morgan fingerprint density at radius 2 is 1.86 bits per heavy atom. The molecule has 1 saturated heterocycles. The van der Waals surface area contributed by atoms with Crippen LogP contribution in [0.4, 0.5) is 5.82 Å². The van der Waals surface area contributed by atoms with Crippen molar-refractivity contribution >= 4 is 47.4 Å². The SMILES string of the molecule is CN=C(NCc1cccc(Cl)c1)NCc1cccnc1N1CCN(C)CC1.I. The number of anilines is 1. The van der Waals surface area contributed by atoms with Crippen molar-refractivity contribution in [1.82, 2.24) is 20.5 Å². The second-order valence-electron chi connectivity index (χ2n) is 6.69. The number of pyridine rings is 1. The average Bonchev–Trinajstić information content (AvgIpc) is 2.69. The van der Waals surface area contributed by atoms with E-state index in [-0.39, 0.29) is 24.0 Å². The van der Waals surface area contributed by atoms with E-state index in [0.29, 0.717) is 13.1 Å². The standard InChI is InChI=1S/C20H27ClN6.HI/c1-22-20(24-14-16-5-3-7-18(21)13-16)25-15-17-6-4-8-23-19(17)27-11-9-26(2)10-12-27;/h3-8,13H,9-12,14-15H2,1-2H3,(H2,22,24,25);1H. The predicted molar refractivity (Wildman–Crippen MR) is 128 cm³/mol. The molecule has 0 aliphatic carbocycles. The third-order valence-corrected chi connectivity index (χ3v) is 4.92. The molecule has 0 radical (unpaired) electrons. The molecule has 0 bridgehead atoms. The van der Waals surface area contributed by atoms with Gasteiger partial charge < -0.3 is 20.4 Å². The molecule has 0 saturated carbocycles. The van der Waals surface area contributed by atoms with E-state index < -0.39 is 0 Å². The van der Waals surface area contributed by atoms with E-state index in [4.69, 9.17) is 11.6 Å². The van der Waals surface area contributed by atoms with Crippen LogP contribution < -0.4 is 15.5 Å². The number of nitrogens with zero attached hydrogens (tertiary/aromatic N) is 4. The summed E-state index contributed by atoms with van der Waals surface area (Å²) < 4.78 is 0. The molecule has 2 heterocycles. The Kier molecular flexibility index (Phi) is 9.27. The smallest absolute Gasteiger partial charge is 0.191 e. The van der Waals surface area contributed by atoms with Crippen molar-refractivity contribution in [3.8, 4) is 0 Å². The third-order valence-electron chi connectivity index (χ3n) is 4.69. The van der Waals surface area contributed by atoms with E-state index in [1.165, 1.54) is 5.56 Å². The summed E-state index contributed by atoms with van der Waals surface area (Å²) in [6, 6.07) is 11.9. The van der Waals surface area contributed by atoms with Gasteiger partial charge in [-0.05, 0) is 30.8 Å². The van der Waals surface area contributed by atoms with Gasteiger partial charge in [0.05, 0.1) is 0 Å². The predicted octanol–water partition coefficient (Wildman–Crippen LogP) is 2.97. The lowest BCUT2D eigenvalue weighted by molar-refractivity contribution is 0.312. The number of hydrogen-bond acceptors (Lipinski definition) is 4. The minimum atomic E-state index is 0. The van der Waals surface area contributed by atoms with Crippen molar-refractivity contribution in [2.24, 2.45) is 4.99 Å². The zero-order valence-electron chi connectivity index (χ0n) is 16.4. The molecule has 0 spiro atoms. The molecule has 0 atom stereocenters. The van der Waals surface area contributed by atoms with E-state index in [2.05, 4.69) is 43.5 Å². The summed E-state index contributed by atoms with van der Waals surface area (Å²) in [5.41, 5.74) is 2.29. The first-order valence-electron chi connectivity index (χ1n) is 9.22. The normalized spacial score (nSPS) is 15.1. The van der Waals surface area contributed by atoms with Gasteiger partial charge in [0.15, 0.2) is 5.96 Å². The van der Waals surface area contributed by atoms with Gasteiger partial charge in [-0.2, -0.15) is 0 Å². The molecule has 152 valence electrons. The number of nitrogens with one attached hydrogen (secondary N) is 2. The summed E-state index contributed by atoms with van der Waals surface area (Å²) >= 11 is 6.05. The Morgan fingerprint density at radius 3 is 2.57 bits per heavy atom. The van der Waals surface area contributed by atoms with Gasteiger partial charge in [-0.15, -0.1) is 24.0 Å². The highest BCUT2D eigenvalue weighted by Crippen LogP contribution is 2.18. The molecule has 1 aromatic heterocycles. The van der Waals surface area contributed by atoms with Gasteiger partial charge >= 0.3 is 0 Å². The van der Waals surface area contributed by atoms with E-state index >= 15 is 0 Å². The van der Waals surface area contributed by atoms with Gasteiger partial charge in [-0.25, -0.2) is 4.98 Å².